The number of nitrogens with two attached hydrogens (primary N) is 1. The van der Waals surface area contributed by atoms with Crippen LogP contribution in [0.5, 0.6) is 0 Å². The van der Waals surface area contributed by atoms with Gasteiger partial charge >= 0.3 is 0 Å². The number of carbonyl (C=O) groups is 2. The molecule has 5 heteroatoms. The van der Waals surface area contributed by atoms with E-state index in [-0.39, 0.29) is 17.4 Å². The van der Waals surface area contributed by atoms with Crippen LogP contribution in [0.4, 0.5) is 0 Å². The Bertz CT molecular complexity index is 227. The average Bonchev–Trinajstić information content (AvgIpc) is 2.10. The quantitative estimate of drug-likeness (QED) is 0.512. The molecule has 0 atom stereocenters. The molecule has 0 aromatic carbocycles. The number of carbonyl (C=O) groups excluding carboxylic acids is 2. The first-order valence-corrected chi connectivity index (χ1v) is 5.11. The lowest BCUT2D eigenvalue weighted by Crippen LogP contribution is -2.43. The first kappa shape index (κ1) is 13.9. The molecule has 0 aromatic heterocycles. The Hall–Kier alpha value is -1.10. The monoisotopic (exact) mass is 215 g/mol. The van der Waals surface area contributed by atoms with Crippen molar-refractivity contribution >= 4 is 11.8 Å². The van der Waals surface area contributed by atoms with Crippen molar-refractivity contribution in [1.29, 1.82) is 0 Å². The van der Waals surface area contributed by atoms with Crippen LogP contribution in [-0.4, -0.2) is 30.9 Å². The Balaban J connectivity index is 3.66. The fourth-order valence-corrected chi connectivity index (χ4v) is 1.30. The molecular formula is C10H21N3O2. The summed E-state index contributed by atoms with van der Waals surface area (Å²) in [6, 6.07) is 0. The van der Waals surface area contributed by atoms with E-state index in [9.17, 15) is 9.59 Å². The summed E-state index contributed by atoms with van der Waals surface area (Å²) in [6.07, 6.45) is 1.55. The van der Waals surface area contributed by atoms with Gasteiger partial charge in [0.2, 0.25) is 11.8 Å². The number of hydrogen-bond donors (Lipinski definition) is 3. The standard InChI is InChI=1S/C10H21N3O2/c1-10(2,7-8(11)14)13-6-4-5-9(15)12-3/h13H,4-7H2,1-3H3,(H2,11,14)(H,12,15). The summed E-state index contributed by atoms with van der Waals surface area (Å²) in [6.45, 7) is 4.53. The molecule has 15 heavy (non-hydrogen) atoms. The van der Waals surface area contributed by atoms with Gasteiger partial charge < -0.3 is 16.4 Å². The number of rotatable bonds is 7. The van der Waals surface area contributed by atoms with Crippen LogP contribution in [0, 0.1) is 0 Å². The lowest BCUT2D eigenvalue weighted by Gasteiger charge is -2.24. The molecule has 88 valence electrons. The van der Waals surface area contributed by atoms with E-state index in [4.69, 9.17) is 5.73 Å². The molecule has 0 aliphatic heterocycles. The highest BCUT2D eigenvalue weighted by Gasteiger charge is 2.19. The van der Waals surface area contributed by atoms with Crippen molar-refractivity contribution in [2.24, 2.45) is 5.73 Å². The molecule has 0 aliphatic carbocycles. The fraction of sp³-hybridized carbons (Fsp3) is 0.800. The highest BCUT2D eigenvalue weighted by molar-refractivity contribution is 5.75. The first-order chi connectivity index (χ1) is 6.87. The summed E-state index contributed by atoms with van der Waals surface area (Å²) in [4.78, 5) is 21.6. The summed E-state index contributed by atoms with van der Waals surface area (Å²) in [5.74, 6) is -0.289. The summed E-state index contributed by atoms with van der Waals surface area (Å²) in [5, 5.41) is 5.74. The maximum absolute atomic E-state index is 10.9. The molecule has 4 N–H and O–H groups in total. The molecule has 0 spiro atoms. The fourth-order valence-electron chi connectivity index (χ4n) is 1.30. The molecule has 0 saturated heterocycles. The van der Waals surface area contributed by atoms with Gasteiger partial charge in [-0.3, -0.25) is 9.59 Å². The zero-order chi connectivity index (χ0) is 11.9. The van der Waals surface area contributed by atoms with Gasteiger partial charge in [-0.15, -0.1) is 0 Å². The van der Waals surface area contributed by atoms with Crippen LogP contribution >= 0.6 is 0 Å². The van der Waals surface area contributed by atoms with Crippen LogP contribution in [0.25, 0.3) is 0 Å². The predicted molar refractivity (Wildman–Crippen MR) is 59.2 cm³/mol. The molecule has 0 unspecified atom stereocenters. The van der Waals surface area contributed by atoms with Gasteiger partial charge in [-0.05, 0) is 26.8 Å². The minimum Gasteiger partial charge on any atom is -0.370 e. The molecule has 0 fully saturated rings. The molecule has 0 rings (SSSR count). The van der Waals surface area contributed by atoms with Gasteiger partial charge in [0.1, 0.15) is 0 Å². The van der Waals surface area contributed by atoms with Crippen molar-refractivity contribution in [3.05, 3.63) is 0 Å². The van der Waals surface area contributed by atoms with Crippen LogP contribution in [0.3, 0.4) is 0 Å². The Morgan fingerprint density at radius 2 is 1.93 bits per heavy atom. The van der Waals surface area contributed by atoms with Gasteiger partial charge in [0.25, 0.3) is 0 Å². The predicted octanol–water partition coefficient (Wildman–Crippen LogP) is -0.244. The van der Waals surface area contributed by atoms with E-state index in [1.54, 1.807) is 7.05 Å². The molecule has 2 amide bonds. The third-order valence-corrected chi connectivity index (χ3v) is 2.08. The van der Waals surface area contributed by atoms with Crippen molar-refractivity contribution < 1.29 is 9.59 Å². The van der Waals surface area contributed by atoms with Crippen LogP contribution in [0.2, 0.25) is 0 Å². The van der Waals surface area contributed by atoms with Crippen molar-refractivity contribution in [1.82, 2.24) is 10.6 Å². The molecular weight excluding hydrogens is 194 g/mol. The van der Waals surface area contributed by atoms with E-state index < -0.39 is 0 Å². The maximum Gasteiger partial charge on any atom is 0.219 e. The normalized spacial score (nSPS) is 11.1. The van der Waals surface area contributed by atoms with Gasteiger partial charge in [0.05, 0.1) is 0 Å². The summed E-state index contributed by atoms with van der Waals surface area (Å²) in [7, 11) is 1.62. The summed E-state index contributed by atoms with van der Waals surface area (Å²) < 4.78 is 0. The van der Waals surface area contributed by atoms with E-state index in [0.29, 0.717) is 19.4 Å². The van der Waals surface area contributed by atoms with Crippen molar-refractivity contribution in [2.45, 2.75) is 38.6 Å². The van der Waals surface area contributed by atoms with Crippen molar-refractivity contribution in [2.75, 3.05) is 13.6 Å². The minimum absolute atomic E-state index is 0.0320. The van der Waals surface area contributed by atoms with Gasteiger partial charge in [-0.25, -0.2) is 0 Å². The van der Waals surface area contributed by atoms with E-state index in [2.05, 4.69) is 10.6 Å². The number of hydrogen-bond acceptors (Lipinski definition) is 3. The zero-order valence-corrected chi connectivity index (χ0v) is 9.72. The van der Waals surface area contributed by atoms with E-state index in [1.807, 2.05) is 13.8 Å². The third kappa shape index (κ3) is 7.93. The molecule has 0 bridgehead atoms. The topological polar surface area (TPSA) is 84.2 Å². The van der Waals surface area contributed by atoms with E-state index in [0.717, 1.165) is 6.42 Å². The van der Waals surface area contributed by atoms with Crippen LogP contribution in [-0.2, 0) is 9.59 Å². The first-order valence-electron chi connectivity index (χ1n) is 5.11. The summed E-state index contributed by atoms with van der Waals surface area (Å²) >= 11 is 0. The molecule has 5 nitrogen and oxygen atoms in total. The summed E-state index contributed by atoms with van der Waals surface area (Å²) in [5.41, 5.74) is 4.81. The second kappa shape index (κ2) is 6.40. The van der Waals surface area contributed by atoms with Gasteiger partial charge in [0, 0.05) is 25.4 Å². The van der Waals surface area contributed by atoms with Gasteiger partial charge in [0.15, 0.2) is 0 Å². The van der Waals surface area contributed by atoms with Crippen LogP contribution in [0.1, 0.15) is 33.1 Å². The van der Waals surface area contributed by atoms with Gasteiger partial charge in [-0.1, -0.05) is 0 Å². The maximum atomic E-state index is 10.9. The second-order valence-electron chi connectivity index (χ2n) is 4.23. The van der Waals surface area contributed by atoms with Gasteiger partial charge in [-0.2, -0.15) is 0 Å². The Morgan fingerprint density at radius 3 is 2.40 bits per heavy atom. The highest BCUT2D eigenvalue weighted by atomic mass is 16.1. The van der Waals surface area contributed by atoms with Crippen molar-refractivity contribution in [3.63, 3.8) is 0 Å². The number of nitrogens with one attached hydrogen (secondary N) is 2. The molecule has 0 heterocycles. The Labute approximate surface area is 90.8 Å². The smallest absolute Gasteiger partial charge is 0.219 e. The van der Waals surface area contributed by atoms with E-state index >= 15 is 0 Å². The largest absolute Gasteiger partial charge is 0.370 e. The van der Waals surface area contributed by atoms with Crippen LogP contribution in [0.15, 0.2) is 0 Å². The third-order valence-electron chi connectivity index (χ3n) is 2.08. The Kier molecular flexibility index (Phi) is 5.93. The number of amides is 2. The molecule has 0 saturated carbocycles. The second-order valence-corrected chi connectivity index (χ2v) is 4.23. The highest BCUT2D eigenvalue weighted by Crippen LogP contribution is 2.07. The SMILES string of the molecule is CNC(=O)CCCNC(C)(C)CC(N)=O. The zero-order valence-electron chi connectivity index (χ0n) is 9.72. The molecule has 0 aromatic rings. The van der Waals surface area contributed by atoms with Crippen LogP contribution < -0.4 is 16.4 Å². The van der Waals surface area contributed by atoms with E-state index in [1.165, 1.54) is 0 Å². The Morgan fingerprint density at radius 1 is 1.33 bits per heavy atom. The lowest BCUT2D eigenvalue weighted by atomic mass is 10.0. The minimum atomic E-state index is -0.321. The molecule has 0 aliphatic rings. The lowest BCUT2D eigenvalue weighted by molar-refractivity contribution is -0.121. The average molecular weight is 215 g/mol. The van der Waals surface area contributed by atoms with Crippen molar-refractivity contribution in [3.8, 4) is 0 Å². The molecule has 0 radical (unpaired) electrons. The number of primary amides is 1.